The van der Waals surface area contributed by atoms with Crippen molar-refractivity contribution in [2.75, 3.05) is 27.9 Å². The summed E-state index contributed by atoms with van der Waals surface area (Å²) in [6.07, 6.45) is 1.51. The van der Waals surface area contributed by atoms with Gasteiger partial charge in [-0.1, -0.05) is 0 Å². The van der Waals surface area contributed by atoms with Crippen molar-refractivity contribution in [3.05, 3.63) is 48.0 Å². The van der Waals surface area contributed by atoms with E-state index in [1.165, 1.54) is 6.21 Å². The van der Waals surface area contributed by atoms with Gasteiger partial charge in [-0.2, -0.15) is 5.10 Å². The second-order valence-corrected chi connectivity index (χ2v) is 4.87. The second kappa shape index (κ2) is 9.17. The maximum absolute atomic E-state index is 11.7. The van der Waals surface area contributed by atoms with Gasteiger partial charge in [-0.25, -0.2) is 5.43 Å². The molecule has 0 saturated carbocycles. The number of nitrogens with zero attached hydrogens (tertiary/aromatic N) is 1. The van der Waals surface area contributed by atoms with Crippen molar-refractivity contribution in [2.24, 2.45) is 5.10 Å². The van der Waals surface area contributed by atoms with E-state index in [4.69, 9.17) is 18.9 Å². The van der Waals surface area contributed by atoms with Gasteiger partial charge < -0.3 is 18.9 Å². The number of hydrazone groups is 1. The summed E-state index contributed by atoms with van der Waals surface area (Å²) in [4.78, 5) is 11.7. The molecule has 0 atom stereocenters. The molecule has 0 saturated heterocycles. The highest BCUT2D eigenvalue weighted by atomic mass is 16.5. The van der Waals surface area contributed by atoms with Crippen LogP contribution in [0.3, 0.4) is 0 Å². The number of rotatable bonds is 8. The number of methoxy groups -OCH3 is 3. The molecule has 0 aliphatic heterocycles. The first-order valence-electron chi connectivity index (χ1n) is 7.47. The van der Waals surface area contributed by atoms with E-state index in [1.54, 1.807) is 63.8 Å². The zero-order valence-corrected chi connectivity index (χ0v) is 14.3. The Labute approximate surface area is 146 Å². The first-order chi connectivity index (χ1) is 12.2. The number of nitrogens with one attached hydrogen (secondary N) is 1. The van der Waals surface area contributed by atoms with E-state index in [1.807, 2.05) is 0 Å². The highest BCUT2D eigenvalue weighted by Gasteiger charge is 2.04. The molecule has 25 heavy (non-hydrogen) atoms. The van der Waals surface area contributed by atoms with Gasteiger partial charge in [-0.3, -0.25) is 4.79 Å². The maximum Gasteiger partial charge on any atom is 0.277 e. The first-order valence-corrected chi connectivity index (χ1v) is 7.47. The quantitative estimate of drug-likeness (QED) is 0.587. The SMILES string of the molecule is COc1ccc(OCC(=O)N/N=C/c2ccc(OC)c(OC)c2)cc1. The molecule has 1 N–H and O–H groups in total. The molecule has 0 aromatic heterocycles. The fraction of sp³-hybridized carbons (Fsp3) is 0.222. The van der Waals surface area contributed by atoms with E-state index < -0.39 is 0 Å². The van der Waals surface area contributed by atoms with Crippen LogP contribution in [0.15, 0.2) is 47.6 Å². The van der Waals surface area contributed by atoms with Crippen molar-refractivity contribution in [2.45, 2.75) is 0 Å². The Balaban J connectivity index is 1.83. The average Bonchev–Trinajstić information content (AvgIpc) is 2.66. The largest absolute Gasteiger partial charge is 0.497 e. The van der Waals surface area contributed by atoms with Gasteiger partial charge in [0, 0.05) is 0 Å². The third-order valence-corrected chi connectivity index (χ3v) is 3.24. The molecule has 0 fully saturated rings. The molecule has 7 heteroatoms. The molecule has 2 aromatic carbocycles. The van der Waals surface area contributed by atoms with Gasteiger partial charge in [-0.05, 0) is 48.0 Å². The molecule has 0 aliphatic rings. The molecule has 0 unspecified atom stereocenters. The maximum atomic E-state index is 11.7. The third-order valence-electron chi connectivity index (χ3n) is 3.24. The Hall–Kier alpha value is -3.22. The smallest absolute Gasteiger partial charge is 0.277 e. The summed E-state index contributed by atoms with van der Waals surface area (Å²) in [6.45, 7) is -0.143. The summed E-state index contributed by atoms with van der Waals surface area (Å²) >= 11 is 0. The van der Waals surface area contributed by atoms with Crippen molar-refractivity contribution in [3.63, 3.8) is 0 Å². The molecule has 0 bridgehead atoms. The summed E-state index contributed by atoms with van der Waals surface area (Å²) in [7, 11) is 4.70. The number of benzene rings is 2. The van der Waals surface area contributed by atoms with Crippen molar-refractivity contribution in [1.29, 1.82) is 0 Å². The van der Waals surface area contributed by atoms with Gasteiger partial charge in [0.2, 0.25) is 0 Å². The number of ether oxygens (including phenoxy) is 4. The molecule has 7 nitrogen and oxygen atoms in total. The van der Waals surface area contributed by atoms with E-state index in [9.17, 15) is 4.79 Å². The zero-order chi connectivity index (χ0) is 18.1. The molecule has 0 heterocycles. The van der Waals surface area contributed by atoms with E-state index in [2.05, 4.69) is 10.5 Å². The van der Waals surface area contributed by atoms with Gasteiger partial charge in [0.25, 0.3) is 5.91 Å². The Bertz CT molecular complexity index is 729. The van der Waals surface area contributed by atoms with Crippen LogP contribution in [0, 0.1) is 0 Å². The van der Waals surface area contributed by atoms with E-state index in [-0.39, 0.29) is 12.5 Å². The lowest BCUT2D eigenvalue weighted by atomic mass is 10.2. The summed E-state index contributed by atoms with van der Waals surface area (Å²) in [5.74, 6) is 2.13. The third kappa shape index (κ3) is 5.42. The standard InChI is InChI=1S/C18H20N2O5/c1-22-14-5-7-15(8-6-14)25-12-18(21)20-19-11-13-4-9-16(23-2)17(10-13)24-3/h4-11H,12H2,1-3H3,(H,20,21)/b19-11+. The second-order valence-electron chi connectivity index (χ2n) is 4.87. The lowest BCUT2D eigenvalue weighted by Gasteiger charge is -2.07. The lowest BCUT2D eigenvalue weighted by Crippen LogP contribution is -2.24. The van der Waals surface area contributed by atoms with Crippen LogP contribution in [0.4, 0.5) is 0 Å². The summed E-state index contributed by atoms with van der Waals surface area (Å²) in [5.41, 5.74) is 3.16. The van der Waals surface area contributed by atoms with Crippen molar-refractivity contribution >= 4 is 12.1 Å². The fourth-order valence-corrected chi connectivity index (χ4v) is 1.97. The summed E-state index contributed by atoms with van der Waals surface area (Å²) in [5, 5.41) is 3.89. The molecular formula is C18H20N2O5. The minimum atomic E-state index is -0.368. The predicted octanol–water partition coefficient (Wildman–Crippen LogP) is 2.24. The van der Waals surface area contributed by atoms with Crippen molar-refractivity contribution in [3.8, 4) is 23.0 Å². The number of amides is 1. The molecule has 1 amide bonds. The van der Waals surface area contributed by atoms with Crippen molar-refractivity contribution < 1.29 is 23.7 Å². The van der Waals surface area contributed by atoms with Crippen LogP contribution in [0.25, 0.3) is 0 Å². The Morgan fingerprint density at radius 2 is 1.64 bits per heavy atom. The van der Waals surface area contributed by atoms with E-state index >= 15 is 0 Å². The van der Waals surface area contributed by atoms with Crippen LogP contribution in [0.1, 0.15) is 5.56 Å². The summed E-state index contributed by atoms with van der Waals surface area (Å²) in [6, 6.07) is 12.3. The van der Waals surface area contributed by atoms with Crippen LogP contribution >= 0.6 is 0 Å². The molecular weight excluding hydrogens is 324 g/mol. The predicted molar refractivity (Wildman–Crippen MR) is 93.8 cm³/mol. The monoisotopic (exact) mass is 344 g/mol. The minimum absolute atomic E-state index is 0.143. The zero-order valence-electron chi connectivity index (χ0n) is 14.3. The van der Waals surface area contributed by atoms with Crippen LogP contribution < -0.4 is 24.4 Å². The molecule has 2 rings (SSSR count). The van der Waals surface area contributed by atoms with Crippen LogP contribution in [-0.4, -0.2) is 40.1 Å². The highest BCUT2D eigenvalue weighted by Crippen LogP contribution is 2.26. The summed E-state index contributed by atoms with van der Waals surface area (Å²) < 4.78 is 20.8. The number of hydrogen-bond donors (Lipinski definition) is 1. The minimum Gasteiger partial charge on any atom is -0.497 e. The number of carbonyl (C=O) groups is 1. The number of carbonyl (C=O) groups excluding carboxylic acids is 1. The highest BCUT2D eigenvalue weighted by molar-refractivity contribution is 5.83. The van der Waals surface area contributed by atoms with E-state index in [0.29, 0.717) is 17.2 Å². The molecule has 0 aliphatic carbocycles. The molecule has 0 spiro atoms. The van der Waals surface area contributed by atoms with Gasteiger partial charge >= 0.3 is 0 Å². The Morgan fingerprint density at radius 1 is 0.960 bits per heavy atom. The van der Waals surface area contributed by atoms with E-state index in [0.717, 1.165) is 11.3 Å². The molecule has 132 valence electrons. The van der Waals surface area contributed by atoms with Gasteiger partial charge in [0.1, 0.15) is 11.5 Å². The normalized spacial score (nSPS) is 10.4. The Morgan fingerprint density at radius 3 is 2.28 bits per heavy atom. The Kier molecular flexibility index (Phi) is 6.65. The van der Waals surface area contributed by atoms with Crippen LogP contribution in [0.5, 0.6) is 23.0 Å². The first kappa shape index (κ1) is 18.1. The topological polar surface area (TPSA) is 78.4 Å². The number of hydrogen-bond acceptors (Lipinski definition) is 6. The van der Waals surface area contributed by atoms with Gasteiger partial charge in [-0.15, -0.1) is 0 Å². The molecule has 2 aromatic rings. The van der Waals surface area contributed by atoms with Gasteiger partial charge in [0.15, 0.2) is 18.1 Å². The lowest BCUT2D eigenvalue weighted by molar-refractivity contribution is -0.123. The molecule has 0 radical (unpaired) electrons. The van der Waals surface area contributed by atoms with Gasteiger partial charge in [0.05, 0.1) is 27.5 Å². The fourth-order valence-electron chi connectivity index (χ4n) is 1.97. The van der Waals surface area contributed by atoms with Crippen molar-refractivity contribution in [1.82, 2.24) is 5.43 Å². The average molecular weight is 344 g/mol. The van der Waals surface area contributed by atoms with Crippen LogP contribution in [0.2, 0.25) is 0 Å². The van der Waals surface area contributed by atoms with Crippen LogP contribution in [-0.2, 0) is 4.79 Å².